The van der Waals surface area contributed by atoms with E-state index in [1.54, 1.807) is 6.08 Å². The molecule has 1 aromatic rings. The minimum absolute atomic E-state index is 0.149. The van der Waals surface area contributed by atoms with Gasteiger partial charge in [-0.15, -0.1) is 0 Å². The van der Waals surface area contributed by atoms with Crippen LogP contribution in [0.3, 0.4) is 0 Å². The second-order valence-electron chi connectivity index (χ2n) is 6.96. The SMILES string of the molecule is O=C(/C=C/C=C/CCCCCCc1ccc2c(c1)OCO2)N1CCCC1. The third-order valence-corrected chi connectivity index (χ3v) is 4.93. The highest BCUT2D eigenvalue weighted by atomic mass is 16.7. The molecule has 0 bridgehead atoms. The lowest BCUT2D eigenvalue weighted by Gasteiger charge is -2.11. The van der Waals surface area contributed by atoms with Crippen molar-refractivity contribution >= 4 is 5.91 Å². The van der Waals surface area contributed by atoms with Crippen LogP contribution < -0.4 is 9.47 Å². The van der Waals surface area contributed by atoms with Gasteiger partial charge in [-0.05, 0) is 56.2 Å². The number of allylic oxidation sites excluding steroid dienone is 3. The summed E-state index contributed by atoms with van der Waals surface area (Å²) in [5.74, 6) is 1.89. The van der Waals surface area contributed by atoms with Crippen molar-refractivity contribution in [2.45, 2.75) is 51.4 Å². The molecule has 0 aromatic heterocycles. The predicted molar refractivity (Wildman–Crippen MR) is 103 cm³/mol. The largest absolute Gasteiger partial charge is 0.454 e. The van der Waals surface area contributed by atoms with Crippen LogP contribution in [-0.4, -0.2) is 30.7 Å². The number of ether oxygens (including phenoxy) is 2. The Kier molecular flexibility index (Phi) is 7.17. The molecule has 26 heavy (non-hydrogen) atoms. The number of hydrogen-bond donors (Lipinski definition) is 0. The zero-order valence-electron chi connectivity index (χ0n) is 15.5. The van der Waals surface area contributed by atoms with Crippen LogP contribution in [0, 0.1) is 0 Å². The van der Waals surface area contributed by atoms with E-state index in [0.29, 0.717) is 6.79 Å². The second kappa shape index (κ2) is 10.0. The van der Waals surface area contributed by atoms with Crippen LogP contribution in [-0.2, 0) is 11.2 Å². The molecule has 4 nitrogen and oxygen atoms in total. The number of carbonyl (C=O) groups excluding carboxylic acids is 1. The van der Waals surface area contributed by atoms with E-state index in [1.165, 1.54) is 31.2 Å². The van der Waals surface area contributed by atoms with Crippen molar-refractivity contribution in [3.63, 3.8) is 0 Å². The summed E-state index contributed by atoms with van der Waals surface area (Å²) in [4.78, 5) is 13.7. The van der Waals surface area contributed by atoms with Gasteiger partial charge < -0.3 is 14.4 Å². The molecule has 0 saturated carbocycles. The number of likely N-dealkylation sites (tertiary alicyclic amines) is 1. The van der Waals surface area contributed by atoms with Crippen molar-refractivity contribution in [2.75, 3.05) is 19.9 Å². The number of rotatable bonds is 9. The Labute approximate surface area is 156 Å². The van der Waals surface area contributed by atoms with Crippen molar-refractivity contribution in [1.29, 1.82) is 0 Å². The number of amides is 1. The summed E-state index contributed by atoms with van der Waals surface area (Å²) in [6.45, 7) is 2.17. The summed E-state index contributed by atoms with van der Waals surface area (Å²) in [6.07, 6.45) is 17.1. The van der Waals surface area contributed by atoms with Gasteiger partial charge in [0.1, 0.15) is 0 Å². The van der Waals surface area contributed by atoms with Gasteiger partial charge in [0.2, 0.25) is 12.7 Å². The fraction of sp³-hybridized carbons (Fsp3) is 0.500. The number of nitrogens with zero attached hydrogens (tertiary/aromatic N) is 1. The lowest BCUT2D eigenvalue weighted by atomic mass is 10.0. The van der Waals surface area contributed by atoms with Gasteiger partial charge in [-0.25, -0.2) is 0 Å². The molecule has 1 fully saturated rings. The van der Waals surface area contributed by atoms with Crippen LogP contribution in [0.5, 0.6) is 11.5 Å². The third-order valence-electron chi connectivity index (χ3n) is 4.93. The zero-order chi connectivity index (χ0) is 18.0. The summed E-state index contributed by atoms with van der Waals surface area (Å²) in [6, 6.07) is 6.23. The molecule has 1 aromatic carbocycles. The normalized spacial score (nSPS) is 16.2. The first-order valence-corrected chi connectivity index (χ1v) is 9.83. The highest BCUT2D eigenvalue weighted by Gasteiger charge is 2.14. The number of unbranched alkanes of at least 4 members (excludes halogenated alkanes) is 4. The Morgan fingerprint density at radius 3 is 2.69 bits per heavy atom. The Hall–Kier alpha value is -2.23. The monoisotopic (exact) mass is 355 g/mol. The molecule has 3 rings (SSSR count). The van der Waals surface area contributed by atoms with Gasteiger partial charge >= 0.3 is 0 Å². The Bertz CT molecular complexity index is 645. The minimum atomic E-state index is 0.149. The lowest BCUT2D eigenvalue weighted by Crippen LogP contribution is -2.25. The summed E-state index contributed by atoms with van der Waals surface area (Å²) in [7, 11) is 0. The molecule has 0 spiro atoms. The first kappa shape index (κ1) is 18.6. The average molecular weight is 355 g/mol. The maximum absolute atomic E-state index is 11.8. The number of aryl methyl sites for hydroxylation is 1. The van der Waals surface area contributed by atoms with Crippen LogP contribution in [0.4, 0.5) is 0 Å². The summed E-state index contributed by atoms with van der Waals surface area (Å²) >= 11 is 0. The van der Waals surface area contributed by atoms with Crippen LogP contribution >= 0.6 is 0 Å². The van der Waals surface area contributed by atoms with E-state index in [9.17, 15) is 4.79 Å². The van der Waals surface area contributed by atoms with Crippen LogP contribution in [0.25, 0.3) is 0 Å². The maximum atomic E-state index is 11.8. The Balaban J connectivity index is 1.21. The molecular formula is C22H29NO3. The molecule has 4 heteroatoms. The van der Waals surface area contributed by atoms with Crippen molar-refractivity contribution in [2.24, 2.45) is 0 Å². The fourth-order valence-electron chi connectivity index (χ4n) is 3.40. The quantitative estimate of drug-likeness (QED) is 0.368. The fourth-order valence-corrected chi connectivity index (χ4v) is 3.40. The minimum Gasteiger partial charge on any atom is -0.454 e. The van der Waals surface area contributed by atoms with Gasteiger partial charge in [-0.1, -0.05) is 37.1 Å². The van der Waals surface area contributed by atoms with E-state index in [-0.39, 0.29) is 5.91 Å². The molecule has 2 heterocycles. The van der Waals surface area contributed by atoms with E-state index < -0.39 is 0 Å². The molecule has 0 N–H and O–H groups in total. The van der Waals surface area contributed by atoms with Crippen LogP contribution in [0.2, 0.25) is 0 Å². The highest BCUT2D eigenvalue weighted by molar-refractivity contribution is 5.88. The van der Waals surface area contributed by atoms with E-state index >= 15 is 0 Å². The topological polar surface area (TPSA) is 38.8 Å². The number of carbonyl (C=O) groups is 1. The average Bonchev–Trinajstić information content (AvgIpc) is 3.34. The number of benzene rings is 1. The smallest absolute Gasteiger partial charge is 0.246 e. The van der Waals surface area contributed by atoms with Crippen molar-refractivity contribution in [3.8, 4) is 11.5 Å². The molecule has 2 aliphatic heterocycles. The van der Waals surface area contributed by atoms with Gasteiger partial charge in [0, 0.05) is 19.2 Å². The van der Waals surface area contributed by atoms with Crippen molar-refractivity contribution < 1.29 is 14.3 Å². The second-order valence-corrected chi connectivity index (χ2v) is 6.96. The molecule has 2 aliphatic rings. The van der Waals surface area contributed by atoms with Gasteiger partial charge in [0.05, 0.1) is 0 Å². The molecule has 0 unspecified atom stereocenters. The molecule has 0 radical (unpaired) electrons. The predicted octanol–water partition coefficient (Wildman–Crippen LogP) is 4.64. The molecule has 1 amide bonds. The molecule has 0 atom stereocenters. The molecule has 1 saturated heterocycles. The molecule has 0 aliphatic carbocycles. The first-order chi connectivity index (χ1) is 12.8. The molecule has 140 valence electrons. The van der Waals surface area contributed by atoms with Gasteiger partial charge in [0.15, 0.2) is 11.5 Å². The van der Waals surface area contributed by atoms with Crippen molar-refractivity contribution in [1.82, 2.24) is 4.90 Å². The Morgan fingerprint density at radius 1 is 1.00 bits per heavy atom. The van der Waals surface area contributed by atoms with Crippen molar-refractivity contribution in [3.05, 3.63) is 48.1 Å². The van der Waals surface area contributed by atoms with E-state index in [2.05, 4.69) is 18.2 Å². The summed E-state index contributed by atoms with van der Waals surface area (Å²) < 4.78 is 10.8. The van der Waals surface area contributed by atoms with Crippen LogP contribution in [0.1, 0.15) is 50.5 Å². The number of fused-ring (bicyclic) bond motifs is 1. The zero-order valence-corrected chi connectivity index (χ0v) is 15.5. The van der Waals surface area contributed by atoms with Gasteiger partial charge in [0.25, 0.3) is 0 Å². The van der Waals surface area contributed by atoms with Crippen LogP contribution in [0.15, 0.2) is 42.5 Å². The number of hydrogen-bond acceptors (Lipinski definition) is 3. The first-order valence-electron chi connectivity index (χ1n) is 9.83. The summed E-state index contributed by atoms with van der Waals surface area (Å²) in [5.41, 5.74) is 1.32. The highest BCUT2D eigenvalue weighted by Crippen LogP contribution is 2.32. The standard InChI is InChI=1S/C22H29NO3/c24-22(23-15-9-10-16-23)12-8-6-4-2-1-3-5-7-11-19-13-14-20-21(17-19)26-18-25-20/h4,6,8,12-14,17H,1-3,5,7,9-11,15-16,18H2/b6-4+,12-8+. The maximum Gasteiger partial charge on any atom is 0.246 e. The molecular weight excluding hydrogens is 326 g/mol. The van der Waals surface area contributed by atoms with Gasteiger partial charge in [-0.2, -0.15) is 0 Å². The third kappa shape index (κ3) is 5.65. The van der Waals surface area contributed by atoms with E-state index in [1.807, 2.05) is 23.1 Å². The van der Waals surface area contributed by atoms with E-state index in [0.717, 1.165) is 50.3 Å². The lowest BCUT2D eigenvalue weighted by molar-refractivity contribution is -0.124. The van der Waals surface area contributed by atoms with Gasteiger partial charge in [-0.3, -0.25) is 4.79 Å². The Morgan fingerprint density at radius 2 is 1.81 bits per heavy atom. The van der Waals surface area contributed by atoms with E-state index in [4.69, 9.17) is 9.47 Å². The summed E-state index contributed by atoms with van der Waals surface area (Å²) in [5, 5.41) is 0.